The SMILES string of the molecule is CCC(CC)(CN)C(=O)NC(C)c1cc(OC)c(OC)cc1F. The van der Waals surface area contributed by atoms with Crippen molar-refractivity contribution < 1.29 is 18.7 Å². The van der Waals surface area contributed by atoms with Crippen LogP contribution in [0.15, 0.2) is 12.1 Å². The van der Waals surface area contributed by atoms with Gasteiger partial charge in [0.15, 0.2) is 11.5 Å². The minimum absolute atomic E-state index is 0.160. The maximum atomic E-state index is 14.3. The third-order valence-corrected chi connectivity index (χ3v) is 4.54. The van der Waals surface area contributed by atoms with Crippen molar-refractivity contribution in [2.45, 2.75) is 39.7 Å². The Balaban J connectivity index is 3.06. The molecule has 0 aliphatic rings. The summed E-state index contributed by atoms with van der Waals surface area (Å²) in [4.78, 5) is 12.6. The predicted molar refractivity (Wildman–Crippen MR) is 88.1 cm³/mol. The summed E-state index contributed by atoms with van der Waals surface area (Å²) in [6.07, 6.45) is 1.26. The lowest BCUT2D eigenvalue weighted by molar-refractivity contribution is -0.131. The zero-order valence-electron chi connectivity index (χ0n) is 14.5. The number of methoxy groups -OCH3 is 2. The summed E-state index contributed by atoms with van der Waals surface area (Å²) in [5.74, 6) is 0.111. The molecule has 130 valence electrons. The van der Waals surface area contributed by atoms with Crippen molar-refractivity contribution >= 4 is 5.91 Å². The molecule has 0 radical (unpaired) electrons. The smallest absolute Gasteiger partial charge is 0.227 e. The van der Waals surface area contributed by atoms with E-state index in [0.29, 0.717) is 29.9 Å². The van der Waals surface area contributed by atoms with Crippen LogP contribution in [-0.4, -0.2) is 26.7 Å². The van der Waals surface area contributed by atoms with E-state index in [1.165, 1.54) is 20.3 Å². The molecule has 1 rings (SSSR count). The van der Waals surface area contributed by atoms with Gasteiger partial charge in [-0.2, -0.15) is 0 Å². The second-order valence-electron chi connectivity index (χ2n) is 5.62. The van der Waals surface area contributed by atoms with Crippen molar-refractivity contribution in [3.05, 3.63) is 23.5 Å². The Bertz CT molecular complexity index is 537. The van der Waals surface area contributed by atoms with Gasteiger partial charge in [0.25, 0.3) is 0 Å². The van der Waals surface area contributed by atoms with Crippen molar-refractivity contribution in [1.82, 2.24) is 5.32 Å². The van der Waals surface area contributed by atoms with Crippen LogP contribution < -0.4 is 20.5 Å². The van der Waals surface area contributed by atoms with E-state index in [2.05, 4.69) is 5.32 Å². The van der Waals surface area contributed by atoms with Crippen LogP contribution in [0.25, 0.3) is 0 Å². The standard InChI is InChI=1S/C17H27FN2O3/c1-6-17(7-2,10-19)16(21)20-11(3)12-8-14(22-4)15(23-5)9-13(12)18/h8-9,11H,6-7,10,19H2,1-5H3,(H,20,21). The first-order valence-electron chi connectivity index (χ1n) is 7.81. The molecule has 0 heterocycles. The zero-order chi connectivity index (χ0) is 17.6. The number of ether oxygens (including phenoxy) is 2. The molecule has 0 aliphatic heterocycles. The van der Waals surface area contributed by atoms with E-state index < -0.39 is 17.3 Å². The molecule has 1 amide bonds. The summed E-state index contributed by atoms with van der Waals surface area (Å²) in [6, 6.07) is 2.29. The number of hydrogen-bond donors (Lipinski definition) is 2. The molecule has 1 aromatic carbocycles. The van der Waals surface area contributed by atoms with E-state index in [4.69, 9.17) is 15.2 Å². The van der Waals surface area contributed by atoms with Crippen molar-refractivity contribution in [2.24, 2.45) is 11.1 Å². The predicted octanol–water partition coefficient (Wildman–Crippen LogP) is 2.79. The first kappa shape index (κ1) is 19.2. The molecule has 5 nitrogen and oxygen atoms in total. The molecule has 0 fully saturated rings. The van der Waals surface area contributed by atoms with Crippen molar-refractivity contribution in [2.75, 3.05) is 20.8 Å². The third kappa shape index (κ3) is 3.93. The highest BCUT2D eigenvalue weighted by molar-refractivity contribution is 5.83. The maximum absolute atomic E-state index is 14.3. The number of nitrogens with one attached hydrogen (secondary N) is 1. The van der Waals surface area contributed by atoms with Gasteiger partial charge in [-0.25, -0.2) is 4.39 Å². The minimum atomic E-state index is -0.624. The first-order valence-corrected chi connectivity index (χ1v) is 7.81. The lowest BCUT2D eigenvalue weighted by Crippen LogP contribution is -2.46. The number of benzene rings is 1. The molecule has 0 saturated heterocycles. The maximum Gasteiger partial charge on any atom is 0.227 e. The summed E-state index contributed by atoms with van der Waals surface area (Å²) in [7, 11) is 2.93. The fourth-order valence-corrected chi connectivity index (χ4v) is 2.58. The number of carbonyl (C=O) groups is 1. The van der Waals surface area contributed by atoms with E-state index in [9.17, 15) is 9.18 Å². The topological polar surface area (TPSA) is 73.6 Å². The van der Waals surface area contributed by atoms with Crippen LogP contribution in [0, 0.1) is 11.2 Å². The molecule has 1 unspecified atom stereocenters. The number of halogens is 1. The second-order valence-corrected chi connectivity index (χ2v) is 5.62. The Hall–Kier alpha value is -1.82. The lowest BCUT2D eigenvalue weighted by atomic mass is 9.81. The number of rotatable bonds is 8. The van der Waals surface area contributed by atoms with Crippen LogP contribution in [0.1, 0.15) is 45.2 Å². The van der Waals surface area contributed by atoms with Crippen molar-refractivity contribution in [3.8, 4) is 11.5 Å². The molecule has 23 heavy (non-hydrogen) atoms. The monoisotopic (exact) mass is 326 g/mol. The van der Waals surface area contributed by atoms with Crippen LogP contribution in [-0.2, 0) is 4.79 Å². The summed E-state index contributed by atoms with van der Waals surface area (Å²) in [6.45, 7) is 5.84. The highest BCUT2D eigenvalue weighted by Gasteiger charge is 2.34. The van der Waals surface area contributed by atoms with E-state index in [0.717, 1.165) is 0 Å². The highest BCUT2D eigenvalue weighted by atomic mass is 19.1. The van der Waals surface area contributed by atoms with Crippen LogP contribution in [0.2, 0.25) is 0 Å². The molecule has 3 N–H and O–H groups in total. The van der Waals surface area contributed by atoms with Crippen molar-refractivity contribution in [1.29, 1.82) is 0 Å². The Labute approximate surface area is 137 Å². The number of amides is 1. The fraction of sp³-hybridized carbons (Fsp3) is 0.588. The Morgan fingerprint density at radius 2 is 1.78 bits per heavy atom. The normalized spacial score (nSPS) is 12.7. The van der Waals surface area contributed by atoms with E-state index in [1.807, 2.05) is 13.8 Å². The second kappa shape index (κ2) is 8.15. The summed E-state index contributed by atoms with van der Waals surface area (Å²) < 4.78 is 24.5. The van der Waals surface area contributed by atoms with Gasteiger partial charge in [-0.05, 0) is 25.8 Å². The van der Waals surface area contributed by atoms with Gasteiger partial charge in [-0.3, -0.25) is 4.79 Å². The fourth-order valence-electron chi connectivity index (χ4n) is 2.58. The largest absolute Gasteiger partial charge is 0.493 e. The molecule has 1 atom stereocenters. The first-order chi connectivity index (χ1) is 10.9. The van der Waals surface area contributed by atoms with Gasteiger partial charge in [0.2, 0.25) is 5.91 Å². The average Bonchev–Trinajstić information content (AvgIpc) is 2.56. The van der Waals surface area contributed by atoms with Gasteiger partial charge in [0, 0.05) is 18.2 Å². The van der Waals surface area contributed by atoms with Crippen molar-refractivity contribution in [3.63, 3.8) is 0 Å². The molecule has 0 bridgehead atoms. The Morgan fingerprint density at radius 1 is 1.26 bits per heavy atom. The minimum Gasteiger partial charge on any atom is -0.493 e. The van der Waals surface area contributed by atoms with Crippen LogP contribution in [0.4, 0.5) is 4.39 Å². The van der Waals surface area contributed by atoms with Gasteiger partial charge in [-0.15, -0.1) is 0 Å². The molecular formula is C17H27FN2O3. The van der Waals surface area contributed by atoms with Gasteiger partial charge >= 0.3 is 0 Å². The molecule has 0 aliphatic carbocycles. The molecular weight excluding hydrogens is 299 g/mol. The molecule has 0 aromatic heterocycles. The zero-order valence-corrected chi connectivity index (χ0v) is 14.5. The highest BCUT2D eigenvalue weighted by Crippen LogP contribution is 2.33. The van der Waals surface area contributed by atoms with E-state index >= 15 is 0 Å². The molecule has 0 spiro atoms. The number of hydrogen-bond acceptors (Lipinski definition) is 4. The van der Waals surface area contributed by atoms with Gasteiger partial charge in [0.1, 0.15) is 5.82 Å². The summed E-state index contributed by atoms with van der Waals surface area (Å²) in [5.41, 5.74) is 5.50. The Morgan fingerprint density at radius 3 is 2.22 bits per heavy atom. The van der Waals surface area contributed by atoms with Crippen LogP contribution in [0.3, 0.4) is 0 Å². The van der Waals surface area contributed by atoms with Gasteiger partial charge in [-0.1, -0.05) is 13.8 Å². The third-order valence-electron chi connectivity index (χ3n) is 4.54. The van der Waals surface area contributed by atoms with E-state index in [1.54, 1.807) is 13.0 Å². The number of carbonyl (C=O) groups excluding carboxylic acids is 1. The van der Waals surface area contributed by atoms with Gasteiger partial charge < -0.3 is 20.5 Å². The quantitative estimate of drug-likeness (QED) is 0.770. The number of nitrogens with two attached hydrogens (primary N) is 1. The molecule has 6 heteroatoms. The molecule has 1 aromatic rings. The summed E-state index contributed by atoms with van der Waals surface area (Å²) >= 11 is 0. The average molecular weight is 326 g/mol. The van der Waals surface area contributed by atoms with Gasteiger partial charge in [0.05, 0.1) is 25.7 Å². The van der Waals surface area contributed by atoms with E-state index in [-0.39, 0.29) is 12.5 Å². The van der Waals surface area contributed by atoms with Crippen LogP contribution >= 0.6 is 0 Å². The Kier molecular flexibility index (Phi) is 6.81. The van der Waals surface area contributed by atoms with Crippen LogP contribution in [0.5, 0.6) is 11.5 Å². The summed E-state index contributed by atoms with van der Waals surface area (Å²) in [5, 5.41) is 2.86. The molecule has 0 saturated carbocycles. The lowest BCUT2D eigenvalue weighted by Gasteiger charge is -2.30.